The lowest BCUT2D eigenvalue weighted by Crippen LogP contribution is -2.02. The molecule has 0 saturated heterocycles. The SMILES string of the molecule is C=CCS(=O)(=O)N=[S-](N)=O. The van der Waals surface area contributed by atoms with Gasteiger partial charge in [-0.05, 0) is 0 Å². The van der Waals surface area contributed by atoms with Crippen molar-refractivity contribution in [2.75, 3.05) is 5.75 Å². The zero-order valence-electron chi connectivity index (χ0n) is 5.06. The Morgan fingerprint density at radius 3 is 2.50 bits per heavy atom. The van der Waals surface area contributed by atoms with Crippen molar-refractivity contribution in [3.63, 3.8) is 0 Å². The van der Waals surface area contributed by atoms with Crippen molar-refractivity contribution in [2.24, 2.45) is 8.91 Å². The van der Waals surface area contributed by atoms with Crippen molar-refractivity contribution >= 4 is 20.8 Å². The molecular formula is C3H7N2O3S2-. The summed E-state index contributed by atoms with van der Waals surface area (Å²) < 4.78 is 33.9. The third-order valence-electron chi connectivity index (χ3n) is 0.515. The van der Waals surface area contributed by atoms with Gasteiger partial charge >= 0.3 is 0 Å². The lowest BCUT2D eigenvalue weighted by molar-refractivity contribution is 0.595. The molecule has 0 aliphatic rings. The van der Waals surface area contributed by atoms with Crippen LogP contribution < -0.4 is 5.14 Å². The Balaban J connectivity index is 4.61. The summed E-state index contributed by atoms with van der Waals surface area (Å²) in [6.07, 6.45) is 1.14. The van der Waals surface area contributed by atoms with E-state index in [-0.39, 0.29) is 5.75 Å². The highest BCUT2D eigenvalue weighted by Gasteiger charge is 1.98. The maximum absolute atomic E-state index is 10.5. The van der Waals surface area contributed by atoms with Gasteiger partial charge in [-0.25, -0.2) is 8.42 Å². The fourth-order valence-corrected chi connectivity index (χ4v) is 1.73. The number of sulfonamides is 1. The van der Waals surface area contributed by atoms with Gasteiger partial charge in [0.1, 0.15) is 0 Å². The maximum Gasteiger partial charge on any atom is 0.236 e. The zero-order chi connectivity index (χ0) is 8.20. The summed E-state index contributed by atoms with van der Waals surface area (Å²) in [5.74, 6) is -0.337. The Hall–Kier alpha value is -0.400. The number of rotatable bonds is 3. The normalized spacial score (nSPS) is 14.9. The van der Waals surface area contributed by atoms with Gasteiger partial charge in [-0.2, -0.15) is 0 Å². The fraction of sp³-hybridized carbons (Fsp3) is 0.333. The van der Waals surface area contributed by atoms with Gasteiger partial charge in [0.25, 0.3) is 0 Å². The second-order valence-electron chi connectivity index (χ2n) is 1.39. The molecule has 0 radical (unpaired) electrons. The summed E-state index contributed by atoms with van der Waals surface area (Å²) in [5, 5.41) is 4.60. The van der Waals surface area contributed by atoms with Crippen LogP contribution >= 0.6 is 0 Å². The standard InChI is InChI=1S/C3H7N2O3S2/c1-2-3-10(7,8)5-9(4)6/h2H,1,3H2,(H2,4,5,6)/q-1. The summed E-state index contributed by atoms with van der Waals surface area (Å²) in [6, 6.07) is 0. The molecule has 0 spiro atoms. The smallest absolute Gasteiger partial charge is 0.236 e. The molecule has 0 rings (SSSR count). The largest absolute Gasteiger partial charge is 0.429 e. The average Bonchev–Trinajstić information content (AvgIpc) is 1.59. The number of nitrogens with zero attached hydrogens (tertiary/aromatic N) is 1. The van der Waals surface area contributed by atoms with E-state index in [9.17, 15) is 12.6 Å². The molecule has 0 aromatic carbocycles. The number of nitrogens with two attached hydrogens (primary N) is 1. The van der Waals surface area contributed by atoms with Gasteiger partial charge in [0.05, 0.1) is 5.75 Å². The van der Waals surface area contributed by atoms with Crippen molar-refractivity contribution in [3.8, 4) is 0 Å². The first-order valence-electron chi connectivity index (χ1n) is 2.21. The predicted molar refractivity (Wildman–Crippen MR) is 38.7 cm³/mol. The van der Waals surface area contributed by atoms with Crippen LogP contribution in [-0.2, 0) is 25.0 Å². The molecule has 0 bridgehead atoms. The molecule has 7 heteroatoms. The Morgan fingerprint density at radius 1 is 1.70 bits per heavy atom. The summed E-state index contributed by atoms with van der Waals surface area (Å²) >= 11 is 0. The van der Waals surface area contributed by atoms with E-state index in [1.165, 1.54) is 0 Å². The van der Waals surface area contributed by atoms with Gasteiger partial charge in [0, 0.05) is 0 Å². The Kier molecular flexibility index (Phi) is 3.54. The summed E-state index contributed by atoms with van der Waals surface area (Å²) in [6.45, 7) is 3.17. The van der Waals surface area contributed by atoms with E-state index in [4.69, 9.17) is 0 Å². The summed E-state index contributed by atoms with van der Waals surface area (Å²) in [4.78, 5) is 0. The van der Waals surface area contributed by atoms with Crippen molar-refractivity contribution in [1.82, 2.24) is 0 Å². The first-order chi connectivity index (χ1) is 4.48. The summed E-state index contributed by atoms with van der Waals surface area (Å²) in [5.41, 5.74) is 0. The summed E-state index contributed by atoms with van der Waals surface area (Å²) in [7, 11) is -5.80. The maximum atomic E-state index is 10.5. The molecule has 10 heavy (non-hydrogen) atoms. The van der Waals surface area contributed by atoms with Crippen LogP contribution in [0.25, 0.3) is 0 Å². The topological polar surface area (TPSA) is 89.6 Å². The highest BCUT2D eigenvalue weighted by Crippen LogP contribution is 1.90. The third kappa shape index (κ3) is 4.48. The van der Waals surface area contributed by atoms with Crippen LogP contribution in [0.15, 0.2) is 16.4 Å². The molecule has 0 aromatic heterocycles. The van der Waals surface area contributed by atoms with Crippen LogP contribution in [-0.4, -0.2) is 14.2 Å². The average molecular weight is 183 g/mol. The molecule has 0 aliphatic carbocycles. The second kappa shape index (κ2) is 3.69. The highest BCUT2D eigenvalue weighted by atomic mass is 32.3. The molecule has 0 aromatic rings. The van der Waals surface area contributed by atoms with Crippen LogP contribution in [0, 0.1) is 0 Å². The van der Waals surface area contributed by atoms with Crippen LogP contribution in [0.4, 0.5) is 0 Å². The van der Waals surface area contributed by atoms with E-state index in [0.29, 0.717) is 0 Å². The third-order valence-corrected chi connectivity index (χ3v) is 2.67. The lowest BCUT2D eigenvalue weighted by atomic mass is 10.8. The molecule has 0 fully saturated rings. The molecule has 0 atom stereocenters. The van der Waals surface area contributed by atoms with Crippen LogP contribution in [0.5, 0.6) is 0 Å². The van der Waals surface area contributed by atoms with Crippen molar-refractivity contribution in [1.29, 1.82) is 0 Å². The second-order valence-corrected chi connectivity index (χ2v) is 4.03. The molecule has 0 aliphatic heterocycles. The van der Waals surface area contributed by atoms with E-state index in [1.54, 1.807) is 0 Å². The molecule has 2 N–H and O–H groups in total. The molecule has 0 heterocycles. The Bertz CT molecular complexity index is 285. The number of hydrogen-bond acceptors (Lipinski definition) is 4. The Morgan fingerprint density at radius 2 is 2.20 bits per heavy atom. The molecule has 5 nitrogen and oxygen atoms in total. The van der Waals surface area contributed by atoms with Crippen molar-refractivity contribution < 1.29 is 12.6 Å². The van der Waals surface area contributed by atoms with Crippen LogP contribution in [0.1, 0.15) is 0 Å². The monoisotopic (exact) mass is 183 g/mol. The minimum atomic E-state index is -3.65. The van der Waals surface area contributed by atoms with Gasteiger partial charge in [-0.15, -0.1) is 17.4 Å². The quantitative estimate of drug-likeness (QED) is 0.473. The predicted octanol–water partition coefficient (Wildman–Crippen LogP) is -0.477. The number of hydrogen-bond donors (Lipinski definition) is 1. The minimum absolute atomic E-state index is 0.337. The van der Waals surface area contributed by atoms with E-state index < -0.39 is 20.8 Å². The van der Waals surface area contributed by atoms with Gasteiger partial charge in [0.15, 0.2) is 0 Å². The van der Waals surface area contributed by atoms with Gasteiger partial charge in [-0.1, -0.05) is 6.08 Å². The van der Waals surface area contributed by atoms with E-state index in [2.05, 4.69) is 15.5 Å². The fourth-order valence-electron chi connectivity index (χ4n) is 0.291. The molecule has 60 valence electrons. The van der Waals surface area contributed by atoms with Crippen LogP contribution in [0.2, 0.25) is 0 Å². The molecule has 0 unspecified atom stereocenters. The lowest BCUT2D eigenvalue weighted by Gasteiger charge is -1.95. The minimum Gasteiger partial charge on any atom is -0.429 e. The highest BCUT2D eigenvalue weighted by molar-refractivity contribution is 7.95. The first-order valence-corrected chi connectivity index (χ1v) is 4.99. The van der Waals surface area contributed by atoms with Crippen molar-refractivity contribution in [3.05, 3.63) is 12.7 Å². The van der Waals surface area contributed by atoms with Gasteiger partial charge in [0.2, 0.25) is 10.0 Å². The van der Waals surface area contributed by atoms with E-state index >= 15 is 0 Å². The molecular weight excluding hydrogens is 176 g/mol. The first kappa shape index (κ1) is 9.60. The zero-order valence-corrected chi connectivity index (χ0v) is 6.69. The van der Waals surface area contributed by atoms with Crippen molar-refractivity contribution in [2.45, 2.75) is 0 Å². The van der Waals surface area contributed by atoms with Crippen LogP contribution in [0.3, 0.4) is 0 Å². The van der Waals surface area contributed by atoms with Gasteiger partial charge < -0.3 is 9.35 Å². The molecule has 0 saturated carbocycles. The molecule has 0 amide bonds. The van der Waals surface area contributed by atoms with E-state index in [0.717, 1.165) is 6.08 Å². The van der Waals surface area contributed by atoms with E-state index in [1.807, 2.05) is 0 Å². The Labute approximate surface area is 61.3 Å². The van der Waals surface area contributed by atoms with Gasteiger partial charge in [-0.3, -0.25) is 3.77 Å².